The quantitative estimate of drug-likeness (QED) is 0.771. The lowest BCUT2D eigenvalue weighted by Gasteiger charge is -2.10. The number of hydrogen-bond acceptors (Lipinski definition) is 1. The van der Waals surface area contributed by atoms with Crippen molar-refractivity contribution in [2.24, 2.45) is 0 Å². The first-order chi connectivity index (χ1) is 7.50. The van der Waals surface area contributed by atoms with Gasteiger partial charge in [0.2, 0.25) is 0 Å². The molecule has 0 bridgehead atoms. The molecule has 1 N–H and O–H groups in total. The van der Waals surface area contributed by atoms with E-state index in [0.29, 0.717) is 10.5 Å². The monoisotopic (exact) mass is 276 g/mol. The van der Waals surface area contributed by atoms with E-state index in [-0.39, 0.29) is 10.0 Å². The van der Waals surface area contributed by atoms with Gasteiger partial charge in [0.1, 0.15) is 5.82 Å². The minimum Gasteiger partial charge on any atom is -0.337 e. The normalized spacial score (nSPS) is 10.8. The third kappa shape index (κ3) is 1.88. The van der Waals surface area contributed by atoms with E-state index in [1.165, 1.54) is 12.1 Å². The van der Waals surface area contributed by atoms with Crippen molar-refractivity contribution < 1.29 is 4.39 Å². The molecule has 0 atom stereocenters. The van der Waals surface area contributed by atoms with Gasteiger partial charge in [0, 0.05) is 11.9 Å². The Morgan fingerprint density at radius 2 is 1.88 bits per heavy atom. The minimum atomic E-state index is -0.474. The number of nitrogens with one attached hydrogen (secondary N) is 1. The van der Waals surface area contributed by atoms with Crippen LogP contribution in [-0.2, 0) is 0 Å². The molecule has 16 heavy (non-hydrogen) atoms. The van der Waals surface area contributed by atoms with Crippen LogP contribution in [0.2, 0.25) is 10.0 Å². The van der Waals surface area contributed by atoms with Gasteiger partial charge in [0.25, 0.3) is 0 Å². The van der Waals surface area contributed by atoms with Gasteiger partial charge in [-0.3, -0.25) is 4.57 Å². The second-order valence-electron chi connectivity index (χ2n) is 3.29. The molecular weight excluding hydrogens is 270 g/mol. The van der Waals surface area contributed by atoms with Gasteiger partial charge in [0.05, 0.1) is 15.7 Å². The Hall–Kier alpha value is -0.840. The average molecular weight is 277 g/mol. The summed E-state index contributed by atoms with van der Waals surface area (Å²) in [6.07, 6.45) is 1.73. The third-order valence-corrected chi connectivity index (χ3v) is 3.04. The summed E-state index contributed by atoms with van der Waals surface area (Å²) in [6, 6.07) is 2.41. The van der Waals surface area contributed by atoms with Crippen LogP contribution in [0.1, 0.15) is 5.69 Å². The standard InChI is InChI=1S/C10H7Cl2FN2S/c1-5-4-14-10(16)15(5)9-7(11)2-6(13)3-8(9)12/h2-4H,1H3,(H,14,16). The van der Waals surface area contributed by atoms with Crippen molar-refractivity contribution in [3.63, 3.8) is 0 Å². The molecule has 0 spiro atoms. The largest absolute Gasteiger partial charge is 0.337 e. The molecule has 0 aliphatic carbocycles. The molecule has 2 aromatic rings. The van der Waals surface area contributed by atoms with Crippen molar-refractivity contribution in [3.05, 3.63) is 44.7 Å². The Bertz CT molecular complexity index is 580. The van der Waals surface area contributed by atoms with Crippen LogP contribution in [0.3, 0.4) is 0 Å². The van der Waals surface area contributed by atoms with E-state index in [4.69, 9.17) is 35.4 Å². The summed E-state index contributed by atoms with van der Waals surface area (Å²) in [4.78, 5) is 2.87. The molecule has 0 saturated carbocycles. The number of H-pyrrole nitrogens is 1. The van der Waals surface area contributed by atoms with Gasteiger partial charge in [0.15, 0.2) is 4.77 Å². The average Bonchev–Trinajstić information content (AvgIpc) is 2.47. The van der Waals surface area contributed by atoms with E-state index in [1.54, 1.807) is 10.8 Å². The van der Waals surface area contributed by atoms with Crippen LogP contribution in [-0.4, -0.2) is 9.55 Å². The third-order valence-electron chi connectivity index (χ3n) is 2.17. The van der Waals surface area contributed by atoms with Crippen LogP contribution in [0.5, 0.6) is 0 Å². The highest BCUT2D eigenvalue weighted by molar-refractivity contribution is 7.71. The van der Waals surface area contributed by atoms with Gasteiger partial charge in [-0.1, -0.05) is 23.2 Å². The molecule has 0 aliphatic heterocycles. The Labute approximate surface area is 107 Å². The van der Waals surface area contributed by atoms with Gasteiger partial charge in [-0.05, 0) is 31.3 Å². The van der Waals surface area contributed by atoms with Gasteiger partial charge >= 0.3 is 0 Å². The number of rotatable bonds is 1. The van der Waals surface area contributed by atoms with Crippen LogP contribution in [0, 0.1) is 17.5 Å². The number of benzene rings is 1. The lowest BCUT2D eigenvalue weighted by molar-refractivity contribution is 0.627. The van der Waals surface area contributed by atoms with Gasteiger partial charge < -0.3 is 4.98 Å². The maximum Gasteiger partial charge on any atom is 0.182 e. The predicted octanol–water partition coefficient (Wildman–Crippen LogP) is 4.29. The lowest BCUT2D eigenvalue weighted by atomic mass is 10.3. The molecule has 0 aliphatic rings. The molecule has 0 amide bonds. The number of aryl methyl sites for hydroxylation is 1. The molecule has 84 valence electrons. The van der Waals surface area contributed by atoms with E-state index >= 15 is 0 Å². The highest BCUT2D eigenvalue weighted by Crippen LogP contribution is 2.30. The summed E-state index contributed by atoms with van der Waals surface area (Å²) in [5.41, 5.74) is 1.34. The van der Waals surface area contributed by atoms with Crippen molar-refractivity contribution in [1.29, 1.82) is 0 Å². The highest BCUT2D eigenvalue weighted by atomic mass is 35.5. The number of imidazole rings is 1. The van der Waals surface area contributed by atoms with Crippen LogP contribution < -0.4 is 0 Å². The number of hydrogen-bond donors (Lipinski definition) is 1. The molecule has 2 nitrogen and oxygen atoms in total. The maximum absolute atomic E-state index is 13.0. The Morgan fingerprint density at radius 3 is 2.31 bits per heavy atom. The topological polar surface area (TPSA) is 20.7 Å². The first-order valence-corrected chi connectivity index (χ1v) is 5.59. The summed E-state index contributed by atoms with van der Waals surface area (Å²) in [5, 5.41) is 0.451. The molecule has 6 heteroatoms. The number of nitrogens with zero attached hydrogens (tertiary/aromatic N) is 1. The highest BCUT2D eigenvalue weighted by Gasteiger charge is 2.13. The fourth-order valence-corrected chi connectivity index (χ4v) is 2.41. The molecular formula is C10H7Cl2FN2S. The van der Waals surface area contributed by atoms with E-state index in [2.05, 4.69) is 4.98 Å². The van der Waals surface area contributed by atoms with Gasteiger partial charge in [-0.15, -0.1) is 0 Å². The zero-order valence-electron chi connectivity index (χ0n) is 8.22. The summed E-state index contributed by atoms with van der Waals surface area (Å²) >= 11 is 17.0. The molecule has 0 fully saturated rings. The van der Waals surface area contributed by atoms with E-state index in [0.717, 1.165) is 5.69 Å². The fraction of sp³-hybridized carbons (Fsp3) is 0.100. The zero-order chi connectivity index (χ0) is 11.9. The van der Waals surface area contributed by atoms with Crippen molar-refractivity contribution in [3.8, 4) is 5.69 Å². The van der Waals surface area contributed by atoms with Gasteiger partial charge in [-0.25, -0.2) is 4.39 Å². The van der Waals surface area contributed by atoms with Crippen LogP contribution >= 0.6 is 35.4 Å². The number of aromatic nitrogens is 2. The van der Waals surface area contributed by atoms with E-state index in [9.17, 15) is 4.39 Å². The summed E-state index contributed by atoms with van der Waals surface area (Å²) in [5.74, 6) is -0.474. The van der Waals surface area contributed by atoms with E-state index < -0.39 is 5.82 Å². The molecule has 0 saturated heterocycles. The van der Waals surface area contributed by atoms with Crippen LogP contribution in [0.4, 0.5) is 4.39 Å². The second-order valence-corrected chi connectivity index (χ2v) is 4.49. The van der Waals surface area contributed by atoms with Crippen molar-refractivity contribution in [2.45, 2.75) is 6.92 Å². The molecule has 1 aromatic carbocycles. The molecule has 0 radical (unpaired) electrons. The van der Waals surface area contributed by atoms with Crippen LogP contribution in [0.25, 0.3) is 5.69 Å². The molecule has 1 heterocycles. The maximum atomic E-state index is 13.0. The van der Waals surface area contributed by atoms with Gasteiger partial charge in [-0.2, -0.15) is 0 Å². The summed E-state index contributed by atoms with van der Waals surface area (Å²) in [7, 11) is 0. The van der Waals surface area contributed by atoms with Crippen LogP contribution in [0.15, 0.2) is 18.3 Å². The zero-order valence-corrected chi connectivity index (χ0v) is 10.5. The smallest absolute Gasteiger partial charge is 0.182 e. The lowest BCUT2D eigenvalue weighted by Crippen LogP contribution is -1.99. The second kappa shape index (κ2) is 4.20. The first kappa shape index (κ1) is 11.6. The Morgan fingerprint density at radius 1 is 1.31 bits per heavy atom. The van der Waals surface area contributed by atoms with E-state index in [1.807, 2.05) is 6.92 Å². The fourth-order valence-electron chi connectivity index (χ4n) is 1.48. The molecule has 1 aromatic heterocycles. The minimum absolute atomic E-state index is 0.226. The summed E-state index contributed by atoms with van der Waals surface area (Å²) < 4.78 is 15.2. The van der Waals surface area contributed by atoms with Crippen molar-refractivity contribution in [2.75, 3.05) is 0 Å². The Balaban J connectivity index is 2.79. The number of aromatic amines is 1. The number of halogens is 3. The SMILES string of the molecule is Cc1c[nH]c(=S)n1-c1c(Cl)cc(F)cc1Cl. The summed E-state index contributed by atoms with van der Waals surface area (Å²) in [6.45, 7) is 1.85. The molecule has 0 unspecified atom stereocenters. The van der Waals surface area contributed by atoms with Crippen molar-refractivity contribution >= 4 is 35.4 Å². The predicted molar refractivity (Wildman–Crippen MR) is 65.7 cm³/mol. The van der Waals surface area contributed by atoms with Crippen molar-refractivity contribution in [1.82, 2.24) is 9.55 Å². The Kier molecular flexibility index (Phi) is 3.06. The first-order valence-electron chi connectivity index (χ1n) is 4.42. The molecule has 2 rings (SSSR count).